The van der Waals surface area contributed by atoms with Crippen LogP contribution in [0.15, 0.2) is 29.6 Å². The van der Waals surface area contributed by atoms with Crippen LogP contribution in [0.1, 0.15) is 40.0 Å². The molecule has 1 aliphatic rings. The van der Waals surface area contributed by atoms with E-state index >= 15 is 0 Å². The van der Waals surface area contributed by atoms with Crippen molar-refractivity contribution in [3.8, 4) is 11.3 Å². The molecule has 1 aliphatic heterocycles. The van der Waals surface area contributed by atoms with Crippen molar-refractivity contribution in [3.63, 3.8) is 0 Å². The summed E-state index contributed by atoms with van der Waals surface area (Å²) in [5, 5.41) is 5.05. The third-order valence-electron chi connectivity index (χ3n) is 4.31. The Morgan fingerprint density at radius 1 is 1.25 bits per heavy atom. The van der Waals surface area contributed by atoms with Crippen molar-refractivity contribution in [1.29, 1.82) is 0 Å². The summed E-state index contributed by atoms with van der Waals surface area (Å²) >= 11 is 1.29. The maximum absolute atomic E-state index is 13.1. The van der Waals surface area contributed by atoms with Crippen molar-refractivity contribution in [2.45, 2.75) is 51.7 Å². The van der Waals surface area contributed by atoms with E-state index < -0.39 is 17.7 Å². The van der Waals surface area contributed by atoms with Gasteiger partial charge in [-0.3, -0.25) is 9.69 Å². The molecule has 8 heteroatoms. The number of amides is 2. The number of aromatic nitrogens is 1. The molecule has 2 aromatic rings. The van der Waals surface area contributed by atoms with E-state index in [1.807, 2.05) is 0 Å². The molecule has 1 fully saturated rings. The normalized spacial score (nSPS) is 17.3. The second kappa shape index (κ2) is 8.26. The fourth-order valence-electron chi connectivity index (χ4n) is 3.02. The quantitative estimate of drug-likeness (QED) is 0.805. The fraction of sp³-hybridized carbons (Fsp3) is 0.450. The van der Waals surface area contributed by atoms with E-state index in [1.54, 1.807) is 38.3 Å². The summed E-state index contributed by atoms with van der Waals surface area (Å²) in [7, 11) is 0. The van der Waals surface area contributed by atoms with Gasteiger partial charge in [-0.1, -0.05) is 0 Å². The number of anilines is 1. The third kappa shape index (κ3) is 5.07. The van der Waals surface area contributed by atoms with Crippen molar-refractivity contribution in [1.82, 2.24) is 9.88 Å². The van der Waals surface area contributed by atoms with Crippen LogP contribution in [0.5, 0.6) is 0 Å². The number of benzene rings is 1. The lowest BCUT2D eigenvalue weighted by atomic mass is 10.0. The van der Waals surface area contributed by atoms with Gasteiger partial charge in [0.15, 0.2) is 5.13 Å². The van der Waals surface area contributed by atoms with Crippen molar-refractivity contribution in [3.05, 3.63) is 35.5 Å². The van der Waals surface area contributed by atoms with Gasteiger partial charge in [-0.25, -0.2) is 14.2 Å². The highest BCUT2D eigenvalue weighted by atomic mass is 32.1. The summed E-state index contributed by atoms with van der Waals surface area (Å²) in [4.78, 5) is 31.2. The standard InChI is InChI=1S/C20H24FN3O3S/c1-20(2,3)27-19(26)24-11-5-4-6-16(24)17(25)23-18-22-15(12-28-18)13-7-9-14(21)10-8-13/h7-10,12,16H,4-6,11H2,1-3H3,(H,22,23,25). The van der Waals surface area contributed by atoms with E-state index in [1.165, 1.54) is 28.4 Å². The molecule has 6 nitrogen and oxygen atoms in total. The second-order valence-electron chi connectivity index (χ2n) is 7.72. The first-order valence-corrected chi connectivity index (χ1v) is 10.1. The van der Waals surface area contributed by atoms with Crippen LogP contribution in [0.2, 0.25) is 0 Å². The van der Waals surface area contributed by atoms with Crippen LogP contribution in [0.3, 0.4) is 0 Å². The number of thiazole rings is 1. The Morgan fingerprint density at radius 2 is 1.96 bits per heavy atom. The second-order valence-corrected chi connectivity index (χ2v) is 8.58. The molecule has 0 aliphatic carbocycles. The average molecular weight is 405 g/mol. The fourth-order valence-corrected chi connectivity index (χ4v) is 3.74. The molecule has 1 N–H and O–H groups in total. The minimum atomic E-state index is -0.616. The minimum absolute atomic E-state index is 0.273. The van der Waals surface area contributed by atoms with E-state index in [2.05, 4.69) is 10.3 Å². The average Bonchev–Trinajstić information content (AvgIpc) is 3.09. The van der Waals surface area contributed by atoms with Crippen molar-refractivity contribution in [2.24, 2.45) is 0 Å². The molecular weight excluding hydrogens is 381 g/mol. The number of carbonyl (C=O) groups is 2. The minimum Gasteiger partial charge on any atom is -0.444 e. The molecule has 28 heavy (non-hydrogen) atoms. The zero-order valence-electron chi connectivity index (χ0n) is 16.2. The van der Waals surface area contributed by atoms with Gasteiger partial charge in [0.2, 0.25) is 5.91 Å². The van der Waals surface area contributed by atoms with Gasteiger partial charge in [0.25, 0.3) is 0 Å². The van der Waals surface area contributed by atoms with E-state index in [9.17, 15) is 14.0 Å². The molecule has 1 unspecified atom stereocenters. The number of halogens is 1. The molecule has 0 radical (unpaired) electrons. The molecular formula is C20H24FN3O3S. The highest BCUT2D eigenvalue weighted by Gasteiger charge is 2.35. The monoisotopic (exact) mass is 405 g/mol. The molecule has 1 aromatic carbocycles. The molecule has 0 saturated carbocycles. The molecule has 2 heterocycles. The van der Waals surface area contributed by atoms with Crippen LogP contribution in [0.4, 0.5) is 14.3 Å². The molecule has 1 saturated heterocycles. The Hall–Kier alpha value is -2.48. The van der Waals surface area contributed by atoms with Crippen molar-refractivity contribution < 1.29 is 18.7 Å². The number of hydrogen-bond donors (Lipinski definition) is 1. The van der Waals surface area contributed by atoms with E-state index in [0.29, 0.717) is 23.8 Å². The largest absolute Gasteiger partial charge is 0.444 e. The number of rotatable bonds is 3. The Bertz CT molecular complexity index is 845. The summed E-state index contributed by atoms with van der Waals surface area (Å²) in [5.41, 5.74) is 0.814. The summed E-state index contributed by atoms with van der Waals surface area (Å²) < 4.78 is 18.5. The van der Waals surface area contributed by atoms with Crippen LogP contribution in [0.25, 0.3) is 11.3 Å². The number of piperidine rings is 1. The highest BCUT2D eigenvalue weighted by molar-refractivity contribution is 7.14. The van der Waals surface area contributed by atoms with Gasteiger partial charge in [0.05, 0.1) is 5.69 Å². The molecule has 0 spiro atoms. The van der Waals surface area contributed by atoms with E-state index in [0.717, 1.165) is 18.4 Å². The maximum Gasteiger partial charge on any atom is 0.410 e. The number of nitrogens with zero attached hydrogens (tertiary/aromatic N) is 2. The summed E-state index contributed by atoms with van der Waals surface area (Å²) in [5.74, 6) is -0.586. The van der Waals surface area contributed by atoms with Crippen molar-refractivity contribution >= 4 is 28.5 Å². The number of nitrogens with one attached hydrogen (secondary N) is 1. The highest BCUT2D eigenvalue weighted by Crippen LogP contribution is 2.27. The molecule has 1 aromatic heterocycles. The first kappa shape index (κ1) is 20.3. The summed E-state index contributed by atoms with van der Waals surface area (Å²) in [6.07, 6.45) is 1.82. The van der Waals surface area contributed by atoms with E-state index in [-0.39, 0.29) is 11.7 Å². The number of likely N-dealkylation sites (tertiary alicyclic amines) is 1. The molecule has 2 amide bonds. The zero-order chi connectivity index (χ0) is 20.3. The lowest BCUT2D eigenvalue weighted by Crippen LogP contribution is -2.51. The van der Waals surface area contributed by atoms with Crippen molar-refractivity contribution in [2.75, 3.05) is 11.9 Å². The van der Waals surface area contributed by atoms with Gasteiger partial charge in [0.1, 0.15) is 17.5 Å². The van der Waals surface area contributed by atoms with Gasteiger partial charge < -0.3 is 10.1 Å². The van der Waals surface area contributed by atoms with Gasteiger partial charge in [-0.05, 0) is 64.3 Å². The van der Waals surface area contributed by atoms with Gasteiger partial charge in [-0.15, -0.1) is 11.3 Å². The topological polar surface area (TPSA) is 71.5 Å². The predicted octanol–water partition coefficient (Wildman–Crippen LogP) is 4.68. The molecule has 1 atom stereocenters. The van der Waals surface area contributed by atoms with Crippen LogP contribution >= 0.6 is 11.3 Å². The first-order valence-electron chi connectivity index (χ1n) is 9.25. The Balaban J connectivity index is 1.69. The van der Waals surface area contributed by atoms with E-state index in [4.69, 9.17) is 4.74 Å². The maximum atomic E-state index is 13.1. The predicted molar refractivity (Wildman–Crippen MR) is 107 cm³/mol. The summed E-state index contributed by atoms with van der Waals surface area (Å²) in [6.45, 7) is 5.90. The smallest absolute Gasteiger partial charge is 0.410 e. The first-order chi connectivity index (χ1) is 13.2. The van der Waals surface area contributed by atoms with Crippen LogP contribution < -0.4 is 5.32 Å². The third-order valence-corrected chi connectivity index (χ3v) is 5.07. The van der Waals surface area contributed by atoms with Gasteiger partial charge in [0, 0.05) is 17.5 Å². The zero-order valence-corrected chi connectivity index (χ0v) is 17.0. The number of ether oxygens (including phenoxy) is 1. The van der Waals surface area contributed by atoms with Crippen LogP contribution in [-0.2, 0) is 9.53 Å². The molecule has 150 valence electrons. The lowest BCUT2D eigenvalue weighted by molar-refractivity contribution is -0.122. The number of hydrogen-bond acceptors (Lipinski definition) is 5. The lowest BCUT2D eigenvalue weighted by Gasteiger charge is -2.35. The molecule has 3 rings (SSSR count). The number of carbonyl (C=O) groups excluding carboxylic acids is 2. The van der Waals surface area contributed by atoms with Gasteiger partial charge in [-0.2, -0.15) is 0 Å². The van der Waals surface area contributed by atoms with Gasteiger partial charge >= 0.3 is 6.09 Å². The van der Waals surface area contributed by atoms with Crippen LogP contribution in [-0.4, -0.2) is 40.1 Å². The Labute approximate surface area is 167 Å². The Morgan fingerprint density at radius 3 is 2.64 bits per heavy atom. The molecule has 0 bridgehead atoms. The van der Waals surface area contributed by atoms with Crippen LogP contribution in [0, 0.1) is 5.82 Å². The SMILES string of the molecule is CC(C)(C)OC(=O)N1CCCCC1C(=O)Nc1nc(-c2ccc(F)cc2)cs1. The Kier molecular flexibility index (Phi) is 5.98. The summed E-state index contributed by atoms with van der Waals surface area (Å²) in [6, 6.07) is 5.44.